The minimum Gasteiger partial charge on any atom is -0.444 e. The van der Waals surface area contributed by atoms with Crippen LogP contribution < -0.4 is 10.6 Å². The summed E-state index contributed by atoms with van der Waals surface area (Å²) in [5.74, 6) is -0.567. The van der Waals surface area contributed by atoms with Crippen LogP contribution in [0.3, 0.4) is 0 Å². The molecule has 2 aliphatic heterocycles. The highest BCUT2D eigenvalue weighted by Gasteiger charge is 2.42. The van der Waals surface area contributed by atoms with Crippen LogP contribution in [0.4, 0.5) is 28.2 Å². The van der Waals surface area contributed by atoms with Gasteiger partial charge in [-0.2, -0.15) is 23.3 Å². The monoisotopic (exact) mass is 676 g/mol. The van der Waals surface area contributed by atoms with Gasteiger partial charge in [0.15, 0.2) is 0 Å². The van der Waals surface area contributed by atoms with Gasteiger partial charge in [-0.15, -0.1) is 11.8 Å². The number of nitrogens with zero attached hydrogens (tertiary/aromatic N) is 6. The maximum Gasteiger partial charge on any atom is 0.417 e. The minimum atomic E-state index is -4.90. The van der Waals surface area contributed by atoms with Gasteiger partial charge >= 0.3 is 18.0 Å². The van der Waals surface area contributed by atoms with Gasteiger partial charge in [0, 0.05) is 59.8 Å². The molecule has 1 amide bonds. The molecule has 0 aliphatic carbocycles. The fraction of sp³-hybridized carbons (Fsp3) is 0.500. The summed E-state index contributed by atoms with van der Waals surface area (Å²) in [6, 6.07) is 2.21. The van der Waals surface area contributed by atoms with E-state index in [1.807, 2.05) is 13.8 Å². The second kappa shape index (κ2) is 11.7. The Bertz CT molecular complexity index is 1940. The van der Waals surface area contributed by atoms with Crippen LogP contribution in [0, 0.1) is 5.82 Å². The van der Waals surface area contributed by atoms with E-state index in [1.165, 1.54) is 28.6 Å². The second-order valence-electron chi connectivity index (χ2n) is 13.1. The molecule has 0 saturated carbocycles. The fourth-order valence-corrected chi connectivity index (χ4v) is 8.07. The zero-order chi connectivity index (χ0) is 34.2. The fourth-order valence-electron chi connectivity index (χ4n) is 6.77. The van der Waals surface area contributed by atoms with Crippen molar-refractivity contribution in [3.63, 3.8) is 0 Å². The van der Waals surface area contributed by atoms with Crippen molar-refractivity contribution in [2.45, 2.75) is 69.4 Å². The number of carbonyl (C=O) groups excluding carboxylic acids is 1. The largest absolute Gasteiger partial charge is 0.444 e. The molecule has 1 saturated heterocycles. The normalized spacial score (nSPS) is 20.4. The maximum atomic E-state index is 15.8. The molecule has 3 atom stereocenters. The quantitative estimate of drug-likeness (QED) is 0.235. The number of piperazine rings is 1. The Hall–Kier alpha value is -3.85. The number of ether oxygens (including phenoxy) is 2. The van der Waals surface area contributed by atoms with E-state index in [-0.39, 0.29) is 63.7 Å². The molecular formula is C32H36F4N6O4S. The van der Waals surface area contributed by atoms with Crippen LogP contribution in [-0.4, -0.2) is 80.6 Å². The van der Waals surface area contributed by atoms with Crippen LogP contribution in [0.25, 0.3) is 32.9 Å². The molecule has 2 aromatic heterocycles. The van der Waals surface area contributed by atoms with Crippen LogP contribution in [0.5, 0.6) is 0 Å². The summed E-state index contributed by atoms with van der Waals surface area (Å²) >= 11 is 1.13. The van der Waals surface area contributed by atoms with Crippen molar-refractivity contribution >= 4 is 45.5 Å². The van der Waals surface area contributed by atoms with Gasteiger partial charge in [-0.3, -0.25) is 14.1 Å². The maximum absolute atomic E-state index is 15.8. The van der Waals surface area contributed by atoms with Crippen LogP contribution >= 0.6 is 11.8 Å². The predicted octanol–water partition coefficient (Wildman–Crippen LogP) is 6.24. The third kappa shape index (κ3) is 5.70. The number of hydrogen-bond donors (Lipinski definition) is 0. The van der Waals surface area contributed by atoms with Crippen molar-refractivity contribution in [3.05, 3.63) is 46.3 Å². The van der Waals surface area contributed by atoms with Gasteiger partial charge in [-0.05, 0) is 52.8 Å². The molecular weight excluding hydrogens is 640 g/mol. The van der Waals surface area contributed by atoms with Crippen molar-refractivity contribution in [2.75, 3.05) is 37.5 Å². The van der Waals surface area contributed by atoms with E-state index in [1.54, 1.807) is 37.6 Å². The first-order valence-electron chi connectivity index (χ1n) is 15.2. The van der Waals surface area contributed by atoms with Crippen LogP contribution in [-0.2, 0) is 22.7 Å². The Morgan fingerprint density at radius 1 is 1.09 bits per heavy atom. The lowest BCUT2D eigenvalue weighted by atomic mass is 9.94. The molecule has 0 radical (unpaired) electrons. The average Bonchev–Trinajstić information content (AvgIpc) is 3.33. The Labute approximate surface area is 272 Å². The number of anilines is 1. The van der Waals surface area contributed by atoms with Crippen molar-refractivity contribution in [3.8, 4) is 11.1 Å². The molecule has 2 aliphatic rings. The van der Waals surface area contributed by atoms with Crippen molar-refractivity contribution in [1.82, 2.24) is 24.2 Å². The molecule has 47 heavy (non-hydrogen) atoms. The molecule has 0 spiro atoms. The Balaban J connectivity index is 1.63. The molecule has 0 unspecified atom stereocenters. The number of hydrogen-bond acceptors (Lipinski definition) is 8. The first-order valence-corrected chi connectivity index (χ1v) is 16.2. The number of halogens is 4. The predicted molar refractivity (Wildman–Crippen MR) is 172 cm³/mol. The summed E-state index contributed by atoms with van der Waals surface area (Å²) in [6.45, 7) is 9.42. The van der Waals surface area contributed by atoms with Gasteiger partial charge in [0.25, 0.3) is 0 Å². The lowest BCUT2D eigenvalue weighted by Crippen LogP contribution is -2.60. The Morgan fingerprint density at radius 2 is 1.77 bits per heavy atom. The van der Waals surface area contributed by atoms with Crippen LogP contribution in [0.1, 0.15) is 46.2 Å². The summed E-state index contributed by atoms with van der Waals surface area (Å²) in [5, 5.41) is 4.76. The number of benzene rings is 2. The van der Waals surface area contributed by atoms with E-state index in [9.17, 15) is 9.59 Å². The summed E-state index contributed by atoms with van der Waals surface area (Å²) in [4.78, 5) is 34.8. The van der Waals surface area contributed by atoms with E-state index < -0.39 is 53.1 Å². The summed E-state index contributed by atoms with van der Waals surface area (Å²) < 4.78 is 75.1. The van der Waals surface area contributed by atoms with E-state index in [4.69, 9.17) is 9.47 Å². The molecule has 2 aromatic carbocycles. The highest BCUT2D eigenvalue weighted by Crippen LogP contribution is 2.51. The van der Waals surface area contributed by atoms with Gasteiger partial charge in [-0.1, -0.05) is 0 Å². The highest BCUT2D eigenvalue weighted by molar-refractivity contribution is 7.99. The minimum absolute atomic E-state index is 0.0694. The third-order valence-corrected chi connectivity index (χ3v) is 9.76. The molecule has 252 valence electrons. The first kappa shape index (κ1) is 33.1. The SMILES string of the molecule is COC[C@H]1CSc2c(-c3c(F)ccc4cnn(C)c34)c(C(F)(F)F)cc3c(N4C[C@@H](C)N(C(=O)OC(C)(C)C)[C@@H](C)C4)nc(=O)n1c23. The average molecular weight is 677 g/mol. The molecule has 0 N–H and O–H groups in total. The number of fused-ring (bicyclic) bond motifs is 1. The van der Waals surface area contributed by atoms with E-state index in [2.05, 4.69) is 10.1 Å². The standard InChI is InChI=1S/C32H36F4N6O4S/c1-16-12-40(13-17(2)41(16)30(44)46-31(3,4)5)28-20-10-21(32(34,35)36)23(24-22(33)9-8-18-11-37-39(6)25(18)24)27-26(20)42(29(43)38-28)19(14-45-7)15-47-27/h8-11,16-17,19H,12-15H2,1-7H3/t16-,17+,19-/m0/s1. The smallest absolute Gasteiger partial charge is 0.417 e. The van der Waals surface area contributed by atoms with Crippen molar-refractivity contribution in [1.29, 1.82) is 0 Å². The van der Waals surface area contributed by atoms with Gasteiger partial charge in [0.05, 0.1) is 47.5 Å². The summed E-state index contributed by atoms with van der Waals surface area (Å²) in [7, 11) is 3.03. The van der Waals surface area contributed by atoms with Crippen molar-refractivity contribution < 1.29 is 31.8 Å². The molecule has 10 nitrogen and oxygen atoms in total. The molecule has 4 heterocycles. The first-order chi connectivity index (χ1) is 22.0. The van der Waals surface area contributed by atoms with E-state index >= 15 is 17.6 Å². The van der Waals surface area contributed by atoms with Crippen molar-refractivity contribution in [2.24, 2.45) is 7.05 Å². The highest BCUT2D eigenvalue weighted by atomic mass is 32.2. The number of alkyl halides is 3. The lowest BCUT2D eigenvalue weighted by Gasteiger charge is -2.45. The number of rotatable bonds is 4. The molecule has 4 aromatic rings. The number of aromatic nitrogens is 4. The lowest BCUT2D eigenvalue weighted by molar-refractivity contribution is -0.137. The third-order valence-electron chi connectivity index (χ3n) is 8.52. The number of aryl methyl sites for hydroxylation is 1. The number of amides is 1. The van der Waals surface area contributed by atoms with E-state index in [0.717, 1.165) is 23.9 Å². The molecule has 15 heteroatoms. The molecule has 6 rings (SSSR count). The van der Waals surface area contributed by atoms with Crippen LogP contribution in [0.15, 0.2) is 34.1 Å². The van der Waals surface area contributed by atoms with Gasteiger partial charge in [0.2, 0.25) is 0 Å². The van der Waals surface area contributed by atoms with Gasteiger partial charge in [0.1, 0.15) is 17.2 Å². The Morgan fingerprint density at radius 3 is 2.38 bits per heavy atom. The summed E-state index contributed by atoms with van der Waals surface area (Å²) in [6.07, 6.45) is -3.93. The summed E-state index contributed by atoms with van der Waals surface area (Å²) in [5.41, 5.74) is -2.58. The number of methoxy groups -OCH3 is 1. The number of carbonyl (C=O) groups is 1. The number of thioether (sulfide) groups is 1. The second-order valence-corrected chi connectivity index (χ2v) is 14.2. The van der Waals surface area contributed by atoms with Gasteiger partial charge < -0.3 is 14.4 Å². The zero-order valence-corrected chi connectivity index (χ0v) is 27.9. The van der Waals surface area contributed by atoms with Crippen LogP contribution in [0.2, 0.25) is 0 Å². The zero-order valence-electron chi connectivity index (χ0n) is 27.1. The van der Waals surface area contributed by atoms with Gasteiger partial charge in [-0.25, -0.2) is 14.0 Å². The molecule has 0 bridgehead atoms. The topological polar surface area (TPSA) is 94.7 Å². The van der Waals surface area contributed by atoms with E-state index in [0.29, 0.717) is 5.39 Å². The Kier molecular flexibility index (Phi) is 8.22. The molecule has 1 fully saturated rings.